The lowest BCUT2D eigenvalue weighted by Crippen LogP contribution is -2.49. The van der Waals surface area contributed by atoms with E-state index < -0.39 is 78.4 Å². The van der Waals surface area contributed by atoms with Gasteiger partial charge in [0.2, 0.25) is 12.3 Å². The van der Waals surface area contributed by atoms with Gasteiger partial charge < -0.3 is 45.3 Å². The Bertz CT molecular complexity index is 2020. The van der Waals surface area contributed by atoms with Gasteiger partial charge in [-0.3, -0.25) is 24.0 Å². The molecule has 0 radical (unpaired) electrons. The standard InChI is InChI=1S/C40H47FN4O14/c1-5-7-8-9-26(30(6-2)45(21-46)59-40(56)25-13-11-24(41)17-28(25)22(3)4)36(51)42-20-43-38(53)32-15-14-31(58-32)23-10-12-27(33(16-23)57-19-35(49)50)37(52)44-29(39(54)55)18-34(47)48/h10-17,21-22,26,29-30H,5-9,18-20H2,1-4H3,(H,42,51)(H,43,53)(H,44,52)(H,47,48)(H,49,50)(H,54,55)/t26-,29+,30-/m1/s1. The van der Waals surface area contributed by atoms with E-state index in [1.807, 2.05) is 6.92 Å². The van der Waals surface area contributed by atoms with Gasteiger partial charge in [-0.15, -0.1) is 0 Å². The van der Waals surface area contributed by atoms with Gasteiger partial charge in [0.15, 0.2) is 12.4 Å². The zero-order valence-corrected chi connectivity index (χ0v) is 32.8. The Morgan fingerprint density at radius 1 is 0.881 bits per heavy atom. The third-order valence-corrected chi connectivity index (χ3v) is 9.00. The van der Waals surface area contributed by atoms with Gasteiger partial charge in [-0.1, -0.05) is 53.0 Å². The molecule has 3 rings (SSSR count). The van der Waals surface area contributed by atoms with Crippen molar-refractivity contribution in [2.75, 3.05) is 13.3 Å². The summed E-state index contributed by atoms with van der Waals surface area (Å²) in [6, 6.07) is 7.29. The minimum Gasteiger partial charge on any atom is -0.481 e. The van der Waals surface area contributed by atoms with Crippen LogP contribution in [0.1, 0.15) is 109 Å². The number of unbranched alkanes of at least 4 members (excludes halogenated alkanes) is 2. The number of hydrogen-bond donors (Lipinski definition) is 6. The molecule has 19 heteroatoms. The fourth-order valence-corrected chi connectivity index (χ4v) is 6.04. The molecule has 1 aromatic heterocycles. The van der Waals surface area contributed by atoms with Gasteiger partial charge in [-0.2, -0.15) is 5.06 Å². The van der Waals surface area contributed by atoms with Crippen LogP contribution in [0.2, 0.25) is 0 Å². The summed E-state index contributed by atoms with van der Waals surface area (Å²) in [5.74, 6) is -9.88. The molecule has 2 aromatic carbocycles. The first-order valence-electron chi connectivity index (χ1n) is 18.7. The predicted octanol–water partition coefficient (Wildman–Crippen LogP) is 4.34. The van der Waals surface area contributed by atoms with E-state index in [1.54, 1.807) is 20.8 Å². The number of halogens is 1. The van der Waals surface area contributed by atoms with E-state index in [-0.39, 0.29) is 53.0 Å². The maximum Gasteiger partial charge on any atom is 0.363 e. The summed E-state index contributed by atoms with van der Waals surface area (Å²) in [5.41, 5.74) is 0.338. The van der Waals surface area contributed by atoms with Crippen molar-refractivity contribution in [1.29, 1.82) is 0 Å². The molecule has 0 bridgehead atoms. The summed E-state index contributed by atoms with van der Waals surface area (Å²) in [5, 5.41) is 35.4. The largest absolute Gasteiger partial charge is 0.481 e. The van der Waals surface area contributed by atoms with E-state index in [2.05, 4.69) is 16.0 Å². The summed E-state index contributed by atoms with van der Waals surface area (Å²) < 4.78 is 24.9. The van der Waals surface area contributed by atoms with Crippen LogP contribution >= 0.6 is 0 Å². The van der Waals surface area contributed by atoms with E-state index in [0.717, 1.165) is 30.0 Å². The molecule has 59 heavy (non-hydrogen) atoms. The number of carboxylic acids is 3. The summed E-state index contributed by atoms with van der Waals surface area (Å²) >= 11 is 0. The second-order valence-electron chi connectivity index (χ2n) is 13.6. The number of rotatable bonds is 24. The van der Waals surface area contributed by atoms with Crippen LogP contribution in [0.15, 0.2) is 52.9 Å². The molecule has 6 N–H and O–H groups in total. The lowest BCUT2D eigenvalue weighted by molar-refractivity contribution is -0.171. The van der Waals surface area contributed by atoms with Gasteiger partial charge in [0.1, 0.15) is 23.4 Å². The number of carboxylic acid groups (broad SMARTS) is 3. The van der Waals surface area contributed by atoms with Gasteiger partial charge >= 0.3 is 23.9 Å². The number of hydrogen-bond acceptors (Lipinski definition) is 11. The van der Waals surface area contributed by atoms with Gasteiger partial charge in [0, 0.05) is 5.56 Å². The van der Waals surface area contributed by atoms with Crippen LogP contribution < -0.4 is 20.7 Å². The number of carbonyl (C=O) groups excluding carboxylic acids is 5. The molecule has 0 aliphatic heterocycles. The van der Waals surface area contributed by atoms with Crippen LogP contribution in [-0.2, 0) is 28.8 Å². The van der Waals surface area contributed by atoms with E-state index >= 15 is 0 Å². The Morgan fingerprint density at radius 2 is 1.59 bits per heavy atom. The van der Waals surface area contributed by atoms with E-state index in [1.165, 1.54) is 36.4 Å². The first-order chi connectivity index (χ1) is 28.0. The van der Waals surface area contributed by atoms with Gasteiger partial charge in [0.25, 0.3) is 11.8 Å². The Labute approximate surface area is 338 Å². The molecular weight excluding hydrogens is 779 g/mol. The molecule has 18 nitrogen and oxygen atoms in total. The number of benzene rings is 2. The summed E-state index contributed by atoms with van der Waals surface area (Å²) in [6.45, 7) is 5.95. The highest BCUT2D eigenvalue weighted by Gasteiger charge is 2.34. The highest BCUT2D eigenvalue weighted by molar-refractivity contribution is 6.00. The van der Waals surface area contributed by atoms with Crippen molar-refractivity contribution in [2.24, 2.45) is 5.92 Å². The topological polar surface area (TPSA) is 268 Å². The van der Waals surface area contributed by atoms with Gasteiger partial charge in [-0.25, -0.2) is 18.8 Å². The number of hydroxylamine groups is 2. The highest BCUT2D eigenvalue weighted by Crippen LogP contribution is 2.30. The number of amides is 4. The van der Waals surface area contributed by atoms with Crippen LogP contribution in [0.5, 0.6) is 5.75 Å². The van der Waals surface area contributed by atoms with Crippen LogP contribution in [0, 0.1) is 11.7 Å². The monoisotopic (exact) mass is 826 g/mol. The molecule has 0 fully saturated rings. The Hall–Kier alpha value is -6.79. The Morgan fingerprint density at radius 3 is 2.20 bits per heavy atom. The quantitative estimate of drug-likeness (QED) is 0.0318. The molecule has 0 unspecified atom stereocenters. The average Bonchev–Trinajstić information content (AvgIpc) is 3.69. The van der Waals surface area contributed by atoms with Crippen molar-refractivity contribution < 1.29 is 72.1 Å². The summed E-state index contributed by atoms with van der Waals surface area (Å²) in [7, 11) is 0. The van der Waals surface area contributed by atoms with Crippen LogP contribution in [0.25, 0.3) is 11.3 Å². The number of carbonyl (C=O) groups is 8. The maximum atomic E-state index is 14.0. The molecule has 0 saturated heterocycles. The second kappa shape index (κ2) is 22.2. The molecule has 4 amide bonds. The predicted molar refractivity (Wildman–Crippen MR) is 204 cm³/mol. The molecule has 0 aliphatic carbocycles. The van der Waals surface area contributed by atoms with Crippen molar-refractivity contribution in [2.45, 2.75) is 84.2 Å². The molecule has 0 saturated carbocycles. The van der Waals surface area contributed by atoms with Crippen molar-refractivity contribution in [3.8, 4) is 17.1 Å². The van der Waals surface area contributed by atoms with E-state index in [0.29, 0.717) is 24.8 Å². The first kappa shape index (κ1) is 46.6. The minimum atomic E-state index is -1.80. The van der Waals surface area contributed by atoms with E-state index in [4.69, 9.17) is 24.2 Å². The van der Waals surface area contributed by atoms with Crippen molar-refractivity contribution in [3.63, 3.8) is 0 Å². The van der Waals surface area contributed by atoms with E-state index in [9.17, 15) is 47.9 Å². The lowest BCUT2D eigenvalue weighted by atomic mass is 9.90. The number of ether oxygens (including phenoxy) is 1. The number of nitrogens with one attached hydrogen (secondary N) is 3. The molecule has 3 aromatic rings. The number of nitrogens with zero attached hydrogens (tertiary/aromatic N) is 1. The normalized spacial score (nSPS) is 12.4. The van der Waals surface area contributed by atoms with Crippen molar-refractivity contribution >= 4 is 48.0 Å². The van der Waals surface area contributed by atoms with Gasteiger partial charge in [-0.05, 0) is 66.8 Å². The molecule has 3 atom stereocenters. The SMILES string of the molecule is CCCCC[C@@H](C(=O)NCNC(=O)c1ccc(-c2ccc(C(=O)N[C@@H](CC(=O)O)C(=O)O)c(OCC(=O)O)c2)o1)[C@@H](CC)N(C=O)OC(=O)c1ccc(F)cc1C(C)C. The first-order valence-corrected chi connectivity index (χ1v) is 18.7. The maximum absolute atomic E-state index is 14.0. The number of furan rings is 1. The molecule has 318 valence electrons. The third-order valence-electron chi connectivity index (χ3n) is 9.00. The Balaban J connectivity index is 1.75. The molecular formula is C40H47FN4O14. The van der Waals surface area contributed by atoms with Crippen molar-refractivity contribution in [1.82, 2.24) is 21.0 Å². The summed E-state index contributed by atoms with van der Waals surface area (Å²) in [6.07, 6.45) is 2.10. The zero-order chi connectivity index (χ0) is 43.8. The lowest BCUT2D eigenvalue weighted by Gasteiger charge is -2.32. The van der Waals surface area contributed by atoms with Gasteiger partial charge in [0.05, 0.1) is 36.2 Å². The van der Waals surface area contributed by atoms with Crippen LogP contribution in [-0.4, -0.2) is 93.8 Å². The third kappa shape index (κ3) is 13.4. The fourth-order valence-electron chi connectivity index (χ4n) is 6.04. The highest BCUT2D eigenvalue weighted by atomic mass is 19.1. The molecule has 0 aliphatic rings. The fraction of sp³-hybridized carbons (Fsp3) is 0.400. The second-order valence-corrected chi connectivity index (χ2v) is 13.6. The zero-order valence-electron chi connectivity index (χ0n) is 32.8. The average molecular weight is 827 g/mol. The van der Waals surface area contributed by atoms with Crippen molar-refractivity contribution in [3.05, 3.63) is 76.8 Å². The summed E-state index contributed by atoms with van der Waals surface area (Å²) in [4.78, 5) is 104. The smallest absolute Gasteiger partial charge is 0.363 e. The minimum absolute atomic E-state index is 0.0621. The van der Waals surface area contributed by atoms with Crippen LogP contribution in [0.3, 0.4) is 0 Å². The number of aliphatic carboxylic acids is 3. The molecule has 0 spiro atoms. The van der Waals surface area contributed by atoms with Crippen LogP contribution in [0.4, 0.5) is 4.39 Å². The molecule has 1 heterocycles. The Kier molecular flexibility index (Phi) is 17.6.